The van der Waals surface area contributed by atoms with Gasteiger partial charge >= 0.3 is 0 Å². The summed E-state index contributed by atoms with van der Waals surface area (Å²) in [7, 11) is 3.35. The molecule has 5 nitrogen and oxygen atoms in total. The van der Waals surface area contributed by atoms with Crippen molar-refractivity contribution in [2.24, 2.45) is 5.92 Å². The Labute approximate surface area is 186 Å². The molecule has 0 aliphatic carbocycles. The van der Waals surface area contributed by atoms with Crippen molar-refractivity contribution in [2.45, 2.75) is 58.7 Å². The highest BCUT2D eigenvalue weighted by Crippen LogP contribution is 2.40. The number of fused-ring (bicyclic) bond motifs is 1. The normalized spacial score (nSPS) is 17.2. The number of ether oxygens (including phenoxy) is 2. The van der Waals surface area contributed by atoms with Crippen molar-refractivity contribution in [3.05, 3.63) is 59.2 Å². The summed E-state index contributed by atoms with van der Waals surface area (Å²) in [5.74, 6) is 1.94. The maximum atomic E-state index is 12.7. The van der Waals surface area contributed by atoms with Crippen molar-refractivity contribution in [3.63, 3.8) is 0 Å². The van der Waals surface area contributed by atoms with E-state index in [0.717, 1.165) is 37.4 Å². The zero-order chi connectivity index (χ0) is 22.4. The van der Waals surface area contributed by atoms with Crippen LogP contribution in [0.2, 0.25) is 0 Å². The largest absolute Gasteiger partial charge is 0.493 e. The topological polar surface area (TPSA) is 50.8 Å². The van der Waals surface area contributed by atoms with Crippen LogP contribution in [-0.4, -0.2) is 37.6 Å². The van der Waals surface area contributed by atoms with Crippen LogP contribution in [0.25, 0.3) is 0 Å². The lowest BCUT2D eigenvalue weighted by Gasteiger charge is -2.42. The Kier molecular flexibility index (Phi) is 7.97. The fourth-order valence-electron chi connectivity index (χ4n) is 4.54. The van der Waals surface area contributed by atoms with Gasteiger partial charge in [0.15, 0.2) is 11.5 Å². The molecule has 1 heterocycles. The minimum absolute atomic E-state index is 0.0205. The van der Waals surface area contributed by atoms with Crippen LogP contribution >= 0.6 is 0 Å². The van der Waals surface area contributed by atoms with E-state index in [1.807, 2.05) is 6.07 Å². The zero-order valence-electron chi connectivity index (χ0n) is 19.5. The molecule has 31 heavy (non-hydrogen) atoms. The highest BCUT2D eigenvalue weighted by atomic mass is 16.5. The van der Waals surface area contributed by atoms with Crippen molar-refractivity contribution in [2.75, 3.05) is 20.8 Å². The second kappa shape index (κ2) is 10.7. The molecule has 2 atom stereocenters. The van der Waals surface area contributed by atoms with Gasteiger partial charge in [-0.1, -0.05) is 51.1 Å². The Bertz CT molecular complexity index is 866. The number of amides is 1. The third-order valence-electron chi connectivity index (χ3n) is 6.02. The van der Waals surface area contributed by atoms with Crippen LogP contribution in [0.3, 0.4) is 0 Å². The van der Waals surface area contributed by atoms with Gasteiger partial charge in [-0.3, -0.25) is 9.69 Å². The lowest BCUT2D eigenvalue weighted by Crippen LogP contribution is -2.48. The van der Waals surface area contributed by atoms with Gasteiger partial charge in [0.2, 0.25) is 5.91 Å². The molecular formula is C26H36N2O3. The van der Waals surface area contributed by atoms with Gasteiger partial charge in [0.25, 0.3) is 0 Å². The van der Waals surface area contributed by atoms with Crippen molar-refractivity contribution in [1.82, 2.24) is 10.2 Å². The Morgan fingerprint density at radius 3 is 2.42 bits per heavy atom. The monoisotopic (exact) mass is 424 g/mol. The Morgan fingerprint density at radius 1 is 1.13 bits per heavy atom. The second-order valence-electron chi connectivity index (χ2n) is 8.74. The van der Waals surface area contributed by atoms with Crippen LogP contribution in [0.15, 0.2) is 42.5 Å². The number of nitrogens with one attached hydrogen (secondary N) is 1. The van der Waals surface area contributed by atoms with Gasteiger partial charge in [0, 0.05) is 25.6 Å². The summed E-state index contributed by atoms with van der Waals surface area (Å²) < 4.78 is 11.2. The van der Waals surface area contributed by atoms with Crippen LogP contribution < -0.4 is 14.8 Å². The summed E-state index contributed by atoms with van der Waals surface area (Å²) in [5, 5.41) is 3.34. The smallest absolute Gasteiger partial charge is 0.220 e. The highest BCUT2D eigenvalue weighted by Gasteiger charge is 2.35. The van der Waals surface area contributed by atoms with Crippen molar-refractivity contribution < 1.29 is 14.3 Å². The Balaban J connectivity index is 1.99. The molecular weight excluding hydrogens is 388 g/mol. The van der Waals surface area contributed by atoms with E-state index in [2.05, 4.69) is 67.4 Å². The lowest BCUT2D eigenvalue weighted by molar-refractivity contribution is -0.123. The first-order chi connectivity index (χ1) is 15.0. The summed E-state index contributed by atoms with van der Waals surface area (Å²) in [6.07, 6.45) is 2.34. The molecule has 0 saturated heterocycles. The van der Waals surface area contributed by atoms with Crippen LogP contribution in [0, 0.1) is 5.92 Å². The number of nitrogens with zero attached hydrogens (tertiary/aromatic N) is 1. The van der Waals surface area contributed by atoms with Gasteiger partial charge in [-0.15, -0.1) is 0 Å². The van der Waals surface area contributed by atoms with E-state index < -0.39 is 0 Å². The zero-order valence-corrected chi connectivity index (χ0v) is 19.5. The summed E-state index contributed by atoms with van der Waals surface area (Å²) in [5.41, 5.74) is 3.76. The minimum Gasteiger partial charge on any atom is -0.493 e. The fourth-order valence-corrected chi connectivity index (χ4v) is 4.54. The van der Waals surface area contributed by atoms with Gasteiger partial charge in [-0.05, 0) is 47.6 Å². The van der Waals surface area contributed by atoms with E-state index in [0.29, 0.717) is 12.3 Å². The molecule has 0 fully saturated rings. The molecule has 0 radical (unpaired) electrons. The minimum atomic E-state index is 0.0205. The number of methoxy groups -OCH3 is 2. The summed E-state index contributed by atoms with van der Waals surface area (Å²) in [6, 6.07) is 14.8. The highest BCUT2D eigenvalue weighted by molar-refractivity contribution is 5.76. The molecule has 168 valence electrons. The molecule has 0 unspecified atom stereocenters. The summed E-state index contributed by atoms with van der Waals surface area (Å²) in [4.78, 5) is 15.2. The first kappa shape index (κ1) is 23.1. The number of benzene rings is 2. The summed E-state index contributed by atoms with van der Waals surface area (Å²) >= 11 is 0. The molecule has 0 saturated carbocycles. The fraction of sp³-hybridized carbons (Fsp3) is 0.500. The van der Waals surface area contributed by atoms with Gasteiger partial charge in [-0.25, -0.2) is 0 Å². The van der Waals surface area contributed by atoms with Gasteiger partial charge in [0.05, 0.1) is 20.3 Å². The molecule has 0 aromatic heterocycles. The van der Waals surface area contributed by atoms with Crippen LogP contribution in [0.5, 0.6) is 11.5 Å². The first-order valence-electron chi connectivity index (χ1n) is 11.3. The van der Waals surface area contributed by atoms with E-state index >= 15 is 0 Å². The Hall–Kier alpha value is -2.53. The number of hydrogen-bond acceptors (Lipinski definition) is 4. The van der Waals surface area contributed by atoms with E-state index in [9.17, 15) is 4.79 Å². The Morgan fingerprint density at radius 2 is 1.81 bits per heavy atom. The molecule has 5 heteroatoms. The van der Waals surface area contributed by atoms with E-state index in [4.69, 9.17) is 9.47 Å². The van der Waals surface area contributed by atoms with Crippen LogP contribution in [0.4, 0.5) is 0 Å². The molecule has 1 aliphatic heterocycles. The maximum absolute atomic E-state index is 12.7. The molecule has 0 spiro atoms. The average molecular weight is 425 g/mol. The molecule has 0 bridgehead atoms. The lowest BCUT2D eigenvalue weighted by atomic mass is 9.86. The van der Waals surface area contributed by atoms with Crippen LogP contribution in [0.1, 0.15) is 56.3 Å². The number of carbonyl (C=O) groups is 1. The van der Waals surface area contributed by atoms with Gasteiger partial charge in [-0.2, -0.15) is 0 Å². The van der Waals surface area contributed by atoms with E-state index in [-0.39, 0.29) is 18.0 Å². The maximum Gasteiger partial charge on any atom is 0.220 e. The second-order valence-corrected chi connectivity index (χ2v) is 8.74. The third-order valence-corrected chi connectivity index (χ3v) is 6.02. The predicted octanol–water partition coefficient (Wildman–Crippen LogP) is 4.74. The predicted molar refractivity (Wildman–Crippen MR) is 125 cm³/mol. The molecule has 3 rings (SSSR count). The summed E-state index contributed by atoms with van der Waals surface area (Å²) in [6.45, 7) is 8.08. The molecule has 1 amide bonds. The number of carbonyl (C=O) groups excluding carboxylic acids is 1. The van der Waals surface area contributed by atoms with Gasteiger partial charge in [0.1, 0.15) is 0 Å². The number of hydrogen-bond donors (Lipinski definition) is 1. The van der Waals surface area contributed by atoms with Gasteiger partial charge < -0.3 is 14.8 Å². The van der Waals surface area contributed by atoms with E-state index in [1.54, 1.807) is 14.2 Å². The van der Waals surface area contributed by atoms with E-state index in [1.165, 1.54) is 16.7 Å². The quantitative estimate of drug-likeness (QED) is 0.631. The first-order valence-corrected chi connectivity index (χ1v) is 11.3. The van der Waals surface area contributed by atoms with Crippen molar-refractivity contribution in [3.8, 4) is 11.5 Å². The molecule has 2 aromatic carbocycles. The third kappa shape index (κ3) is 5.59. The molecule has 1 aliphatic rings. The molecule has 1 N–H and O–H groups in total. The number of rotatable bonds is 9. The SMILES string of the molecule is CC[C@@H](NC(=O)CC(C)C)[C@@H]1c2cc(OC)c(OC)cc2CCN1Cc1ccccc1. The van der Waals surface area contributed by atoms with Crippen molar-refractivity contribution >= 4 is 5.91 Å². The standard InChI is InChI=1S/C26H36N2O3/c1-6-22(27-25(29)14-18(2)3)26-21-16-24(31-5)23(30-4)15-20(21)12-13-28(26)17-19-10-8-7-9-11-19/h7-11,15-16,18,22,26H,6,12-14,17H2,1-5H3,(H,27,29)/t22-,26+/m1/s1. The van der Waals surface area contributed by atoms with Crippen LogP contribution in [-0.2, 0) is 17.8 Å². The average Bonchev–Trinajstić information content (AvgIpc) is 2.76. The molecule has 2 aromatic rings. The van der Waals surface area contributed by atoms with Crippen molar-refractivity contribution in [1.29, 1.82) is 0 Å².